The van der Waals surface area contributed by atoms with Gasteiger partial charge < -0.3 is 0 Å². The van der Waals surface area contributed by atoms with Crippen LogP contribution in [0.4, 0.5) is 0 Å². The third-order valence-corrected chi connectivity index (χ3v) is 10.0. The Labute approximate surface area is 129 Å². The van der Waals surface area contributed by atoms with Crippen molar-refractivity contribution in [2.24, 2.45) is 11.5 Å². The van der Waals surface area contributed by atoms with Crippen molar-refractivity contribution in [2.75, 3.05) is 0 Å². The molecule has 0 radical (unpaired) electrons. The van der Waals surface area contributed by atoms with Gasteiger partial charge in [-0.05, 0) is 0 Å². The van der Waals surface area contributed by atoms with Crippen LogP contribution in [0, 0.1) is 0 Å². The third-order valence-electron chi connectivity index (χ3n) is 3.08. The van der Waals surface area contributed by atoms with E-state index in [1.54, 1.807) is 0 Å². The zero-order valence-corrected chi connectivity index (χ0v) is 14.2. The molecule has 0 aromatic heterocycles. The molecular formula is C16H14N2Se2. The Kier molecular flexibility index (Phi) is 4.00. The van der Waals surface area contributed by atoms with Crippen molar-refractivity contribution in [3.8, 4) is 0 Å². The van der Waals surface area contributed by atoms with E-state index >= 15 is 0 Å². The molecule has 0 bridgehead atoms. The molecular weight excluding hydrogens is 378 g/mol. The molecule has 0 atom stereocenters. The number of allylic oxidation sites excluding steroid dienone is 1. The SMILES string of the molecule is NC1=C(N)C(c2ccccc2)=C(c2ccccc2)[Se][Se]1. The molecule has 100 valence electrons. The summed E-state index contributed by atoms with van der Waals surface area (Å²) in [6.07, 6.45) is 0. The molecule has 0 spiro atoms. The molecule has 0 unspecified atom stereocenters. The van der Waals surface area contributed by atoms with Gasteiger partial charge in [0.05, 0.1) is 0 Å². The first-order chi connectivity index (χ1) is 9.77. The Morgan fingerprint density at radius 3 is 1.80 bits per heavy atom. The summed E-state index contributed by atoms with van der Waals surface area (Å²) in [4.78, 5) is 0. The number of hydrogen-bond acceptors (Lipinski definition) is 2. The predicted molar refractivity (Wildman–Crippen MR) is 86.6 cm³/mol. The van der Waals surface area contributed by atoms with Crippen LogP contribution in [0.3, 0.4) is 0 Å². The average Bonchev–Trinajstić information content (AvgIpc) is 2.51. The van der Waals surface area contributed by atoms with E-state index in [9.17, 15) is 0 Å². The fourth-order valence-corrected chi connectivity index (χ4v) is 8.82. The van der Waals surface area contributed by atoms with Crippen molar-refractivity contribution in [1.82, 2.24) is 0 Å². The fraction of sp³-hybridized carbons (Fsp3) is 0. The molecule has 20 heavy (non-hydrogen) atoms. The van der Waals surface area contributed by atoms with Gasteiger partial charge in [-0.1, -0.05) is 0 Å². The first-order valence-corrected chi connectivity index (χ1v) is 12.3. The van der Waals surface area contributed by atoms with Gasteiger partial charge in [0.15, 0.2) is 0 Å². The summed E-state index contributed by atoms with van der Waals surface area (Å²) in [5, 5.41) is 0. The second kappa shape index (κ2) is 5.90. The molecule has 3 rings (SSSR count). The number of hydrogen-bond donors (Lipinski definition) is 2. The van der Waals surface area contributed by atoms with Crippen molar-refractivity contribution < 1.29 is 0 Å². The van der Waals surface area contributed by atoms with Gasteiger partial charge in [0.2, 0.25) is 0 Å². The first kappa shape index (κ1) is 13.5. The molecule has 4 N–H and O–H groups in total. The van der Waals surface area contributed by atoms with Gasteiger partial charge in [-0.25, -0.2) is 0 Å². The summed E-state index contributed by atoms with van der Waals surface area (Å²) < 4.78 is 2.26. The van der Waals surface area contributed by atoms with E-state index in [2.05, 4.69) is 36.4 Å². The number of benzene rings is 2. The standard InChI is InChI=1S/C16H14N2Se2/c17-14-13(11-7-3-1-4-8-11)15(19-20-16(14)18)12-9-5-2-6-10-12/h1-10H,17-18H2. The van der Waals surface area contributed by atoms with Gasteiger partial charge in [-0.2, -0.15) is 0 Å². The molecule has 1 aliphatic heterocycles. The first-order valence-electron chi connectivity index (χ1n) is 6.22. The molecule has 1 aliphatic rings. The maximum atomic E-state index is 6.30. The van der Waals surface area contributed by atoms with Crippen LogP contribution in [-0.4, -0.2) is 26.3 Å². The molecule has 2 nitrogen and oxygen atoms in total. The van der Waals surface area contributed by atoms with E-state index in [-0.39, 0.29) is 0 Å². The minimum absolute atomic E-state index is 0.306. The van der Waals surface area contributed by atoms with Gasteiger partial charge in [-0.3, -0.25) is 0 Å². The molecule has 4 heteroatoms. The van der Waals surface area contributed by atoms with E-state index in [1.807, 2.05) is 24.3 Å². The summed E-state index contributed by atoms with van der Waals surface area (Å²) in [5.74, 6) is 0. The van der Waals surface area contributed by atoms with Crippen LogP contribution >= 0.6 is 0 Å². The number of nitrogens with two attached hydrogens (primary N) is 2. The second-order valence-electron chi connectivity index (χ2n) is 4.38. The van der Waals surface area contributed by atoms with E-state index in [1.165, 1.54) is 10.0 Å². The van der Waals surface area contributed by atoms with Crippen LogP contribution in [-0.2, 0) is 0 Å². The quantitative estimate of drug-likeness (QED) is 0.769. The maximum absolute atomic E-state index is 6.30. The molecule has 0 saturated carbocycles. The van der Waals surface area contributed by atoms with Crippen LogP contribution in [0.5, 0.6) is 0 Å². The molecule has 0 aliphatic carbocycles. The van der Waals surface area contributed by atoms with Gasteiger partial charge in [-0.15, -0.1) is 0 Å². The second-order valence-corrected chi connectivity index (χ2v) is 10.5. The van der Waals surface area contributed by atoms with E-state index < -0.39 is 0 Å². The summed E-state index contributed by atoms with van der Waals surface area (Å²) in [6.45, 7) is 0. The van der Waals surface area contributed by atoms with Crippen molar-refractivity contribution >= 4 is 36.3 Å². The Hall–Kier alpha value is -1.44. The summed E-state index contributed by atoms with van der Waals surface area (Å²) >= 11 is 0.688. The van der Waals surface area contributed by atoms with Crippen LogP contribution in [0.25, 0.3) is 10.0 Å². The monoisotopic (exact) mass is 394 g/mol. The molecule has 0 amide bonds. The summed E-state index contributed by atoms with van der Waals surface area (Å²) in [6, 6.07) is 20.8. The predicted octanol–water partition coefficient (Wildman–Crippen LogP) is 1.98. The topological polar surface area (TPSA) is 52.0 Å². The van der Waals surface area contributed by atoms with Crippen LogP contribution in [0.1, 0.15) is 11.1 Å². The van der Waals surface area contributed by atoms with Crippen molar-refractivity contribution in [3.63, 3.8) is 0 Å². The summed E-state index contributed by atoms with van der Waals surface area (Å²) in [5.41, 5.74) is 16.7. The minimum atomic E-state index is 0.306. The number of rotatable bonds is 2. The van der Waals surface area contributed by atoms with Crippen molar-refractivity contribution in [1.29, 1.82) is 0 Å². The Bertz CT molecular complexity index is 676. The van der Waals surface area contributed by atoms with Crippen molar-refractivity contribution in [3.05, 3.63) is 82.1 Å². The van der Waals surface area contributed by atoms with Crippen LogP contribution in [0.2, 0.25) is 0 Å². The molecule has 0 fully saturated rings. The average molecular weight is 392 g/mol. The van der Waals surface area contributed by atoms with E-state index in [4.69, 9.17) is 11.5 Å². The molecule has 0 saturated heterocycles. The Morgan fingerprint density at radius 1 is 0.650 bits per heavy atom. The van der Waals surface area contributed by atoms with Gasteiger partial charge in [0, 0.05) is 0 Å². The van der Waals surface area contributed by atoms with E-state index in [0.29, 0.717) is 26.3 Å². The molecule has 2 aromatic carbocycles. The van der Waals surface area contributed by atoms with Gasteiger partial charge >= 0.3 is 130 Å². The Morgan fingerprint density at radius 2 is 1.20 bits per heavy atom. The van der Waals surface area contributed by atoms with Crippen LogP contribution < -0.4 is 11.5 Å². The summed E-state index contributed by atoms with van der Waals surface area (Å²) in [7, 11) is 0. The fourth-order valence-electron chi connectivity index (χ4n) is 2.09. The van der Waals surface area contributed by atoms with Gasteiger partial charge in [0.1, 0.15) is 0 Å². The third kappa shape index (κ3) is 2.56. The van der Waals surface area contributed by atoms with Crippen molar-refractivity contribution in [2.45, 2.75) is 0 Å². The molecule has 1 heterocycles. The molecule has 2 aromatic rings. The van der Waals surface area contributed by atoms with E-state index in [0.717, 1.165) is 21.4 Å². The zero-order chi connectivity index (χ0) is 13.9. The van der Waals surface area contributed by atoms with Gasteiger partial charge in [0.25, 0.3) is 0 Å². The Balaban J connectivity index is 2.23. The van der Waals surface area contributed by atoms with Crippen LogP contribution in [0.15, 0.2) is 71.0 Å². The zero-order valence-electron chi connectivity index (χ0n) is 10.7. The normalized spacial score (nSPS) is 15.6.